The van der Waals surface area contributed by atoms with E-state index in [9.17, 15) is 4.79 Å². The molecule has 5 heteroatoms. The van der Waals surface area contributed by atoms with Crippen LogP contribution in [0.2, 0.25) is 0 Å². The van der Waals surface area contributed by atoms with Gasteiger partial charge in [-0.25, -0.2) is 0 Å². The fraction of sp³-hybridized carbons (Fsp3) is 0.583. The van der Waals surface area contributed by atoms with Crippen molar-refractivity contribution in [1.29, 1.82) is 0 Å². The van der Waals surface area contributed by atoms with Gasteiger partial charge in [-0.2, -0.15) is 0 Å². The van der Waals surface area contributed by atoms with Gasteiger partial charge in [0.2, 0.25) is 0 Å². The van der Waals surface area contributed by atoms with E-state index in [1.54, 1.807) is 11.3 Å². The summed E-state index contributed by atoms with van der Waals surface area (Å²) >= 11 is 5.11. The van der Waals surface area contributed by atoms with Crippen molar-refractivity contribution in [3.05, 3.63) is 20.8 Å². The van der Waals surface area contributed by atoms with Gasteiger partial charge in [-0.15, -0.1) is 11.3 Å². The Morgan fingerprint density at radius 2 is 2.35 bits per heavy atom. The van der Waals surface area contributed by atoms with E-state index in [0.29, 0.717) is 18.7 Å². The smallest absolute Gasteiger partial charge is 0.152 e. The summed E-state index contributed by atoms with van der Waals surface area (Å²) in [6, 6.07) is 2.00. The van der Waals surface area contributed by atoms with Gasteiger partial charge in [-0.05, 0) is 46.9 Å². The zero-order valence-electron chi connectivity index (χ0n) is 9.75. The molecule has 0 amide bonds. The van der Waals surface area contributed by atoms with Crippen LogP contribution in [-0.4, -0.2) is 43.4 Å². The molecule has 0 atom stereocenters. The monoisotopic (exact) mass is 316 g/mol. The van der Waals surface area contributed by atoms with Crippen LogP contribution in [0.25, 0.3) is 0 Å². The van der Waals surface area contributed by atoms with E-state index in [1.807, 2.05) is 11.4 Å². The van der Waals surface area contributed by atoms with E-state index in [2.05, 4.69) is 26.1 Å². The van der Waals surface area contributed by atoms with Gasteiger partial charge in [0, 0.05) is 28.9 Å². The Morgan fingerprint density at radius 1 is 1.47 bits per heavy atom. The first kappa shape index (κ1) is 13.2. The molecule has 94 valence electrons. The van der Waals surface area contributed by atoms with Crippen LogP contribution in [0.15, 0.2) is 15.9 Å². The van der Waals surface area contributed by atoms with Crippen molar-refractivity contribution < 1.29 is 4.79 Å². The van der Waals surface area contributed by atoms with Gasteiger partial charge < -0.3 is 5.32 Å². The lowest BCUT2D eigenvalue weighted by atomic mass is 10.2. The maximum Gasteiger partial charge on any atom is 0.152 e. The molecule has 2 heterocycles. The van der Waals surface area contributed by atoms with Gasteiger partial charge in [0.15, 0.2) is 5.78 Å². The Hall–Kier alpha value is -0.230. The number of halogens is 1. The van der Waals surface area contributed by atoms with Crippen molar-refractivity contribution in [2.24, 2.45) is 0 Å². The molecule has 1 fully saturated rings. The zero-order chi connectivity index (χ0) is 12.1. The Kier molecular flexibility index (Phi) is 5.16. The lowest BCUT2D eigenvalue weighted by Gasteiger charge is -2.18. The summed E-state index contributed by atoms with van der Waals surface area (Å²) in [5, 5.41) is 5.36. The summed E-state index contributed by atoms with van der Waals surface area (Å²) in [5.41, 5.74) is 0. The molecule has 0 saturated carbocycles. The molecule has 0 aliphatic carbocycles. The highest BCUT2D eigenvalue weighted by Crippen LogP contribution is 2.23. The quantitative estimate of drug-likeness (QED) is 0.921. The normalized spacial score (nSPS) is 17.9. The average Bonchev–Trinajstić information content (AvgIpc) is 2.55. The van der Waals surface area contributed by atoms with Crippen molar-refractivity contribution in [1.82, 2.24) is 10.2 Å². The Balaban J connectivity index is 1.82. The Bertz CT molecular complexity index is 372. The molecule has 1 saturated heterocycles. The van der Waals surface area contributed by atoms with E-state index in [1.165, 1.54) is 0 Å². The van der Waals surface area contributed by atoms with E-state index < -0.39 is 0 Å². The highest BCUT2D eigenvalue weighted by molar-refractivity contribution is 9.10. The van der Waals surface area contributed by atoms with Crippen LogP contribution in [-0.2, 0) is 11.2 Å². The molecular formula is C12H17BrN2OS. The van der Waals surface area contributed by atoms with Gasteiger partial charge >= 0.3 is 0 Å². The van der Waals surface area contributed by atoms with Crippen LogP contribution in [0.3, 0.4) is 0 Å². The number of nitrogens with zero attached hydrogens (tertiary/aromatic N) is 1. The summed E-state index contributed by atoms with van der Waals surface area (Å²) in [4.78, 5) is 15.4. The van der Waals surface area contributed by atoms with E-state index in [-0.39, 0.29) is 0 Å². The first-order valence-electron chi connectivity index (χ1n) is 5.92. The second kappa shape index (κ2) is 6.64. The summed E-state index contributed by atoms with van der Waals surface area (Å²) in [6.07, 6.45) is 1.69. The number of nitrogens with one attached hydrogen (secondary N) is 1. The van der Waals surface area contributed by atoms with Crippen LogP contribution < -0.4 is 5.32 Å². The minimum Gasteiger partial charge on any atom is -0.315 e. The highest BCUT2D eigenvalue weighted by atomic mass is 79.9. The molecule has 1 aliphatic heterocycles. The molecular weight excluding hydrogens is 300 g/mol. The molecule has 17 heavy (non-hydrogen) atoms. The first-order chi connectivity index (χ1) is 8.25. The van der Waals surface area contributed by atoms with Gasteiger partial charge in [0.25, 0.3) is 0 Å². The van der Waals surface area contributed by atoms with Crippen molar-refractivity contribution in [2.75, 3.05) is 32.7 Å². The van der Waals surface area contributed by atoms with Crippen LogP contribution >= 0.6 is 27.3 Å². The molecule has 1 aromatic heterocycles. The molecule has 1 N–H and O–H groups in total. The molecule has 0 bridgehead atoms. The summed E-state index contributed by atoms with van der Waals surface area (Å²) < 4.78 is 1.06. The molecule has 0 spiro atoms. The predicted molar refractivity (Wildman–Crippen MR) is 74.7 cm³/mol. The van der Waals surface area contributed by atoms with E-state index >= 15 is 0 Å². The van der Waals surface area contributed by atoms with Gasteiger partial charge in [-0.1, -0.05) is 0 Å². The molecule has 0 aromatic carbocycles. The number of carbonyl (C=O) groups excluding carboxylic acids is 1. The van der Waals surface area contributed by atoms with Gasteiger partial charge in [0.1, 0.15) is 0 Å². The van der Waals surface area contributed by atoms with E-state index in [0.717, 1.165) is 41.9 Å². The van der Waals surface area contributed by atoms with E-state index in [4.69, 9.17) is 0 Å². The number of thiophene rings is 1. The number of hydrogen-bond acceptors (Lipinski definition) is 4. The van der Waals surface area contributed by atoms with Crippen molar-refractivity contribution in [3.8, 4) is 0 Å². The number of Topliss-reactive ketones (excluding diaryl/α,β-unsaturated/α-hetero) is 1. The van der Waals surface area contributed by atoms with Crippen LogP contribution in [0.5, 0.6) is 0 Å². The number of carbonyl (C=O) groups is 1. The van der Waals surface area contributed by atoms with Crippen molar-refractivity contribution in [3.63, 3.8) is 0 Å². The third kappa shape index (κ3) is 4.17. The second-order valence-electron chi connectivity index (χ2n) is 4.29. The predicted octanol–water partition coefficient (Wildman–Crippen LogP) is 1.92. The fourth-order valence-corrected chi connectivity index (χ4v) is 3.52. The maximum absolute atomic E-state index is 12.0. The maximum atomic E-state index is 12.0. The fourth-order valence-electron chi connectivity index (χ4n) is 2.00. The van der Waals surface area contributed by atoms with Crippen molar-refractivity contribution >= 4 is 33.0 Å². The van der Waals surface area contributed by atoms with Gasteiger partial charge in [-0.3, -0.25) is 9.69 Å². The summed E-state index contributed by atoms with van der Waals surface area (Å²) in [7, 11) is 0. The van der Waals surface area contributed by atoms with Gasteiger partial charge in [0.05, 0.1) is 6.54 Å². The highest BCUT2D eigenvalue weighted by Gasteiger charge is 2.14. The zero-order valence-corrected chi connectivity index (χ0v) is 12.1. The minimum atomic E-state index is 0.315. The van der Waals surface area contributed by atoms with Crippen LogP contribution in [0, 0.1) is 0 Å². The average molecular weight is 317 g/mol. The minimum absolute atomic E-state index is 0.315. The standard InChI is InChI=1S/C12H17BrN2OS/c13-11-2-7-17-12(11)8-10(16)9-15-5-1-3-14-4-6-15/h2,7,14H,1,3-6,8-9H2. The molecule has 0 unspecified atom stereocenters. The largest absolute Gasteiger partial charge is 0.315 e. The third-order valence-corrected chi connectivity index (χ3v) is 4.81. The first-order valence-corrected chi connectivity index (χ1v) is 7.59. The molecule has 0 radical (unpaired) electrons. The molecule has 1 aromatic rings. The number of hydrogen-bond donors (Lipinski definition) is 1. The number of ketones is 1. The Labute approximate surface area is 114 Å². The van der Waals surface area contributed by atoms with Crippen molar-refractivity contribution in [2.45, 2.75) is 12.8 Å². The summed E-state index contributed by atoms with van der Waals surface area (Å²) in [6.45, 7) is 4.67. The lowest BCUT2D eigenvalue weighted by molar-refractivity contribution is -0.119. The summed E-state index contributed by atoms with van der Waals surface area (Å²) in [5.74, 6) is 0.315. The topological polar surface area (TPSA) is 32.3 Å². The Morgan fingerprint density at radius 3 is 3.12 bits per heavy atom. The van der Waals surface area contributed by atoms with Crippen LogP contribution in [0.1, 0.15) is 11.3 Å². The molecule has 1 aliphatic rings. The molecule has 3 nitrogen and oxygen atoms in total. The molecule has 2 rings (SSSR count). The lowest BCUT2D eigenvalue weighted by Crippen LogP contribution is -2.33. The third-order valence-electron chi connectivity index (χ3n) is 2.88. The SMILES string of the molecule is O=C(Cc1sccc1Br)CN1CCCNCC1. The second-order valence-corrected chi connectivity index (χ2v) is 6.14. The van der Waals surface area contributed by atoms with Crippen LogP contribution in [0.4, 0.5) is 0 Å². The number of rotatable bonds is 4.